The highest BCUT2D eigenvalue weighted by atomic mass is 16.5. The Kier molecular flexibility index (Phi) is 21.6. The molecule has 1 atom stereocenters. The molecule has 0 fully saturated rings. The number of aliphatic carboxylic acids is 3. The lowest BCUT2D eigenvalue weighted by Crippen LogP contribution is -2.48. The van der Waals surface area contributed by atoms with Gasteiger partial charge in [-0.15, -0.1) is 0 Å². The van der Waals surface area contributed by atoms with E-state index in [9.17, 15) is 24.3 Å². The van der Waals surface area contributed by atoms with Gasteiger partial charge in [0.2, 0.25) is 5.91 Å². The van der Waals surface area contributed by atoms with Gasteiger partial charge in [-0.3, -0.25) is 24.1 Å². The van der Waals surface area contributed by atoms with Crippen LogP contribution >= 0.6 is 0 Å². The van der Waals surface area contributed by atoms with E-state index < -0.39 is 23.9 Å². The van der Waals surface area contributed by atoms with Gasteiger partial charge in [0, 0.05) is 52.4 Å². The third-order valence-electron chi connectivity index (χ3n) is 4.81. The fourth-order valence-electron chi connectivity index (χ4n) is 3.06. The Labute approximate surface area is 211 Å². The maximum Gasteiger partial charge on any atom is 0.320 e. The first-order chi connectivity index (χ1) is 17.3. The number of amides is 1. The second kappa shape index (κ2) is 23.1. The lowest BCUT2D eigenvalue weighted by atomic mass is 10.1. The van der Waals surface area contributed by atoms with Gasteiger partial charge in [0.05, 0.1) is 39.5 Å². The zero-order chi connectivity index (χ0) is 27.0. The van der Waals surface area contributed by atoms with Crippen molar-refractivity contribution < 1.29 is 48.7 Å². The lowest BCUT2D eigenvalue weighted by Gasteiger charge is -2.29. The Morgan fingerprint density at radius 1 is 0.778 bits per heavy atom. The van der Waals surface area contributed by atoms with Gasteiger partial charge >= 0.3 is 17.9 Å². The molecule has 0 saturated heterocycles. The molecule has 0 heterocycles. The predicted octanol–water partition coefficient (Wildman–Crippen LogP) is -1.55. The quantitative estimate of drug-likeness (QED) is 0.0715. The maximum absolute atomic E-state index is 12.2. The molecule has 14 nitrogen and oxygen atoms in total. The molecular formula is C22H42N4O10. The van der Waals surface area contributed by atoms with E-state index in [1.54, 1.807) is 4.90 Å². The van der Waals surface area contributed by atoms with E-state index in [2.05, 4.69) is 16.0 Å². The normalized spacial score (nSPS) is 11.9. The van der Waals surface area contributed by atoms with Crippen molar-refractivity contribution in [2.24, 2.45) is 0 Å². The van der Waals surface area contributed by atoms with Crippen molar-refractivity contribution in [3.05, 3.63) is 0 Å². The molecule has 0 aliphatic rings. The highest BCUT2D eigenvalue weighted by Gasteiger charge is 2.25. The van der Waals surface area contributed by atoms with Crippen molar-refractivity contribution in [2.45, 2.75) is 32.2 Å². The maximum atomic E-state index is 12.2. The van der Waals surface area contributed by atoms with Gasteiger partial charge in [-0.05, 0) is 19.8 Å². The Balaban J connectivity index is 4.32. The minimum absolute atomic E-state index is 0.00684. The Bertz CT molecular complexity index is 602. The number of rotatable bonds is 26. The predicted molar refractivity (Wildman–Crippen MR) is 129 cm³/mol. The first kappa shape index (κ1) is 33.6. The standard InChI is InChI=1S/C22H42N4O10/c1-2-34-12-13-36-15-14-35-11-3-6-25-19(27)5-4-18(22(32)33)26(9-7-23-16-20(28)29)10-8-24-17-21(30)31/h18,23-24H,2-17H2,1H3,(H,25,27)(H,28,29)(H,30,31)(H,32,33). The summed E-state index contributed by atoms with van der Waals surface area (Å²) in [7, 11) is 0. The fourth-order valence-corrected chi connectivity index (χ4v) is 3.06. The zero-order valence-electron chi connectivity index (χ0n) is 21.0. The summed E-state index contributed by atoms with van der Waals surface area (Å²) in [6, 6.07) is -0.986. The third kappa shape index (κ3) is 21.0. The van der Waals surface area contributed by atoms with Crippen LogP contribution < -0.4 is 16.0 Å². The van der Waals surface area contributed by atoms with Gasteiger partial charge in [0.15, 0.2) is 0 Å². The number of carbonyl (C=O) groups excluding carboxylic acids is 1. The number of hydrogen-bond acceptors (Lipinski definition) is 10. The molecule has 0 aromatic heterocycles. The summed E-state index contributed by atoms with van der Waals surface area (Å²) in [6.45, 7) is 5.71. The smallest absolute Gasteiger partial charge is 0.320 e. The van der Waals surface area contributed by atoms with Crippen LogP contribution in [0.1, 0.15) is 26.2 Å². The number of carboxylic acids is 3. The average Bonchev–Trinajstić information content (AvgIpc) is 2.81. The fraction of sp³-hybridized carbons (Fsp3) is 0.818. The largest absolute Gasteiger partial charge is 0.480 e. The van der Waals surface area contributed by atoms with Gasteiger partial charge in [-0.25, -0.2) is 0 Å². The summed E-state index contributed by atoms with van der Waals surface area (Å²) >= 11 is 0. The van der Waals surface area contributed by atoms with E-state index in [0.717, 1.165) is 0 Å². The lowest BCUT2D eigenvalue weighted by molar-refractivity contribution is -0.144. The third-order valence-corrected chi connectivity index (χ3v) is 4.81. The number of nitrogens with one attached hydrogen (secondary N) is 3. The molecule has 0 saturated carbocycles. The SMILES string of the molecule is CCOCCOCCOCCCNC(=O)CCC(C(=O)O)N(CCNCC(=O)O)CCNCC(=O)O. The molecule has 1 unspecified atom stereocenters. The van der Waals surface area contributed by atoms with Crippen LogP contribution in [-0.4, -0.2) is 136 Å². The van der Waals surface area contributed by atoms with Crippen molar-refractivity contribution in [1.82, 2.24) is 20.9 Å². The molecule has 0 bridgehead atoms. The minimum atomic E-state index is -1.11. The van der Waals surface area contributed by atoms with Crippen molar-refractivity contribution in [3.8, 4) is 0 Å². The van der Waals surface area contributed by atoms with Crippen molar-refractivity contribution in [1.29, 1.82) is 0 Å². The molecule has 36 heavy (non-hydrogen) atoms. The molecule has 0 aliphatic carbocycles. The first-order valence-electron chi connectivity index (χ1n) is 12.1. The monoisotopic (exact) mass is 522 g/mol. The van der Waals surface area contributed by atoms with Crippen LogP contribution in [0.3, 0.4) is 0 Å². The summed E-state index contributed by atoms with van der Waals surface area (Å²) in [6.07, 6.45) is 0.644. The number of carbonyl (C=O) groups is 4. The van der Waals surface area contributed by atoms with Crippen molar-refractivity contribution in [2.75, 3.05) is 85.5 Å². The summed E-state index contributed by atoms with van der Waals surface area (Å²) < 4.78 is 15.9. The molecule has 0 aromatic rings. The van der Waals surface area contributed by atoms with Crippen LogP contribution in [0.5, 0.6) is 0 Å². The molecule has 210 valence electrons. The van der Waals surface area contributed by atoms with Crippen LogP contribution in [0.15, 0.2) is 0 Å². The van der Waals surface area contributed by atoms with Crippen LogP contribution in [0.2, 0.25) is 0 Å². The minimum Gasteiger partial charge on any atom is -0.480 e. The van der Waals surface area contributed by atoms with Gasteiger partial charge in [0.25, 0.3) is 0 Å². The molecule has 0 radical (unpaired) electrons. The van der Waals surface area contributed by atoms with Crippen LogP contribution in [0, 0.1) is 0 Å². The van der Waals surface area contributed by atoms with E-state index in [-0.39, 0.29) is 58.0 Å². The Hall–Kier alpha value is -2.36. The van der Waals surface area contributed by atoms with Gasteiger partial charge in [-0.2, -0.15) is 0 Å². The van der Waals surface area contributed by atoms with Gasteiger partial charge < -0.3 is 45.5 Å². The van der Waals surface area contributed by atoms with Gasteiger partial charge in [0.1, 0.15) is 6.04 Å². The summed E-state index contributed by atoms with van der Waals surface area (Å²) in [5.74, 6) is -3.47. The van der Waals surface area contributed by atoms with Gasteiger partial charge in [-0.1, -0.05) is 0 Å². The number of nitrogens with zero attached hydrogens (tertiary/aromatic N) is 1. The summed E-state index contributed by atoms with van der Waals surface area (Å²) in [5, 5.41) is 35.3. The molecule has 6 N–H and O–H groups in total. The van der Waals surface area contributed by atoms with E-state index in [4.69, 9.17) is 24.4 Å². The zero-order valence-corrected chi connectivity index (χ0v) is 21.0. The van der Waals surface area contributed by atoms with Crippen molar-refractivity contribution in [3.63, 3.8) is 0 Å². The topological polar surface area (TPSA) is 196 Å². The highest BCUT2D eigenvalue weighted by Crippen LogP contribution is 2.08. The molecule has 14 heteroatoms. The average molecular weight is 523 g/mol. The van der Waals surface area contributed by atoms with Crippen LogP contribution in [-0.2, 0) is 33.4 Å². The van der Waals surface area contributed by atoms with E-state index in [1.165, 1.54) is 0 Å². The first-order valence-corrected chi connectivity index (χ1v) is 12.1. The summed E-state index contributed by atoms with van der Waals surface area (Å²) in [4.78, 5) is 46.9. The molecule has 0 rings (SSSR count). The molecule has 0 aromatic carbocycles. The number of carboxylic acid groups (broad SMARTS) is 3. The highest BCUT2D eigenvalue weighted by molar-refractivity contribution is 5.78. The Morgan fingerprint density at radius 2 is 1.31 bits per heavy atom. The van der Waals surface area contributed by atoms with Crippen LogP contribution in [0.4, 0.5) is 0 Å². The van der Waals surface area contributed by atoms with E-state index in [1.807, 2.05) is 6.92 Å². The second-order valence-corrected chi connectivity index (χ2v) is 7.69. The molecule has 0 aliphatic heterocycles. The van der Waals surface area contributed by atoms with E-state index >= 15 is 0 Å². The number of ether oxygens (including phenoxy) is 3. The van der Waals surface area contributed by atoms with E-state index in [0.29, 0.717) is 52.6 Å². The van der Waals surface area contributed by atoms with Crippen LogP contribution in [0.25, 0.3) is 0 Å². The second-order valence-electron chi connectivity index (χ2n) is 7.69. The molecule has 0 spiro atoms. The molecular weight excluding hydrogens is 480 g/mol. The molecule has 1 amide bonds. The number of hydrogen-bond donors (Lipinski definition) is 6. The Morgan fingerprint density at radius 3 is 1.81 bits per heavy atom. The van der Waals surface area contributed by atoms with Crippen molar-refractivity contribution >= 4 is 23.8 Å². The summed E-state index contributed by atoms with van der Waals surface area (Å²) in [5.41, 5.74) is 0.